The van der Waals surface area contributed by atoms with Gasteiger partial charge >= 0.3 is 0 Å². The third-order valence-electron chi connectivity index (χ3n) is 4.25. The van der Waals surface area contributed by atoms with Crippen molar-refractivity contribution in [1.82, 2.24) is 9.80 Å². The summed E-state index contributed by atoms with van der Waals surface area (Å²) >= 11 is 2.24. The lowest BCUT2D eigenvalue weighted by atomic mass is 10.1. The lowest BCUT2D eigenvalue weighted by molar-refractivity contribution is 0.0627. The SMILES string of the molecule is Cc1cccc(CN2CCN(C(=O)c3ccccc3I)CC2)c1. The highest BCUT2D eigenvalue weighted by Crippen LogP contribution is 2.16. The van der Waals surface area contributed by atoms with E-state index in [1.807, 2.05) is 29.2 Å². The Hall–Kier alpha value is -1.40. The first kappa shape index (κ1) is 16.5. The highest BCUT2D eigenvalue weighted by Gasteiger charge is 2.23. The molecule has 0 N–H and O–H groups in total. The molecule has 2 aromatic carbocycles. The molecule has 0 atom stereocenters. The molecule has 4 heteroatoms. The molecule has 3 nitrogen and oxygen atoms in total. The van der Waals surface area contributed by atoms with Gasteiger partial charge in [-0.3, -0.25) is 9.69 Å². The summed E-state index contributed by atoms with van der Waals surface area (Å²) in [5, 5.41) is 0. The summed E-state index contributed by atoms with van der Waals surface area (Å²) in [5.41, 5.74) is 3.47. The first-order valence-electron chi connectivity index (χ1n) is 7.95. The van der Waals surface area contributed by atoms with E-state index in [0.29, 0.717) is 0 Å². The Kier molecular flexibility index (Phi) is 5.33. The average molecular weight is 420 g/mol. The minimum absolute atomic E-state index is 0.158. The normalized spacial score (nSPS) is 15.7. The van der Waals surface area contributed by atoms with Crippen LogP contribution in [0.2, 0.25) is 0 Å². The van der Waals surface area contributed by atoms with Crippen molar-refractivity contribution >= 4 is 28.5 Å². The van der Waals surface area contributed by atoms with E-state index in [0.717, 1.165) is 41.9 Å². The molecule has 1 aliphatic heterocycles. The molecule has 23 heavy (non-hydrogen) atoms. The van der Waals surface area contributed by atoms with Crippen molar-refractivity contribution in [3.8, 4) is 0 Å². The van der Waals surface area contributed by atoms with Crippen LogP contribution in [0.25, 0.3) is 0 Å². The molecule has 1 fully saturated rings. The summed E-state index contributed by atoms with van der Waals surface area (Å²) in [6.45, 7) is 6.56. The number of hydrogen-bond donors (Lipinski definition) is 0. The van der Waals surface area contributed by atoms with Gasteiger partial charge in [-0.25, -0.2) is 0 Å². The second-order valence-electron chi connectivity index (χ2n) is 6.04. The van der Waals surface area contributed by atoms with Gasteiger partial charge in [-0.2, -0.15) is 0 Å². The quantitative estimate of drug-likeness (QED) is 0.710. The molecule has 0 spiro atoms. The van der Waals surface area contributed by atoms with Gasteiger partial charge in [0.2, 0.25) is 0 Å². The summed E-state index contributed by atoms with van der Waals surface area (Å²) in [7, 11) is 0. The fraction of sp³-hybridized carbons (Fsp3) is 0.316. The number of amides is 1. The van der Waals surface area contributed by atoms with Gasteiger partial charge in [-0.1, -0.05) is 42.0 Å². The molecule has 2 aromatic rings. The van der Waals surface area contributed by atoms with Crippen molar-refractivity contribution in [1.29, 1.82) is 0 Å². The Morgan fingerprint density at radius 3 is 2.48 bits per heavy atom. The molecular formula is C19H21IN2O. The summed E-state index contributed by atoms with van der Waals surface area (Å²) in [4.78, 5) is 17.0. The van der Waals surface area contributed by atoms with Crippen LogP contribution in [0.1, 0.15) is 21.5 Å². The van der Waals surface area contributed by atoms with Crippen LogP contribution in [0.5, 0.6) is 0 Å². The molecular weight excluding hydrogens is 399 g/mol. The van der Waals surface area contributed by atoms with Gasteiger partial charge in [0.1, 0.15) is 0 Å². The summed E-state index contributed by atoms with van der Waals surface area (Å²) in [5.74, 6) is 0.158. The standard InChI is InChI=1S/C19H21IN2O/c1-15-5-4-6-16(13-15)14-21-9-11-22(12-10-21)19(23)17-7-2-3-8-18(17)20/h2-8,13H,9-12,14H2,1H3. The number of hydrogen-bond acceptors (Lipinski definition) is 2. The molecule has 0 aromatic heterocycles. The highest BCUT2D eigenvalue weighted by atomic mass is 127. The number of benzene rings is 2. The molecule has 0 radical (unpaired) electrons. The van der Waals surface area contributed by atoms with Crippen LogP contribution in [-0.2, 0) is 6.54 Å². The summed E-state index contributed by atoms with van der Waals surface area (Å²) in [6, 6.07) is 16.5. The van der Waals surface area contributed by atoms with Crippen LogP contribution in [0.4, 0.5) is 0 Å². The number of carbonyl (C=O) groups is 1. The Morgan fingerprint density at radius 1 is 1.04 bits per heavy atom. The Labute approximate surface area is 151 Å². The number of nitrogens with zero attached hydrogens (tertiary/aromatic N) is 2. The van der Waals surface area contributed by atoms with Crippen molar-refractivity contribution in [3.05, 3.63) is 68.8 Å². The van der Waals surface area contributed by atoms with Crippen molar-refractivity contribution in [3.63, 3.8) is 0 Å². The average Bonchev–Trinajstić information content (AvgIpc) is 2.55. The fourth-order valence-electron chi connectivity index (χ4n) is 2.98. The van der Waals surface area contributed by atoms with Crippen LogP contribution < -0.4 is 0 Å². The van der Waals surface area contributed by atoms with Gasteiger partial charge in [0.15, 0.2) is 0 Å². The second-order valence-corrected chi connectivity index (χ2v) is 7.20. The zero-order valence-corrected chi connectivity index (χ0v) is 15.5. The van der Waals surface area contributed by atoms with Crippen LogP contribution in [0, 0.1) is 10.5 Å². The predicted molar refractivity (Wildman–Crippen MR) is 102 cm³/mol. The number of carbonyl (C=O) groups excluding carboxylic acids is 1. The summed E-state index contributed by atoms with van der Waals surface area (Å²) in [6.07, 6.45) is 0. The van der Waals surface area contributed by atoms with Crippen LogP contribution in [-0.4, -0.2) is 41.9 Å². The van der Waals surface area contributed by atoms with E-state index < -0.39 is 0 Å². The number of aryl methyl sites for hydroxylation is 1. The molecule has 1 aliphatic rings. The van der Waals surface area contributed by atoms with Gasteiger partial charge in [-0.15, -0.1) is 0 Å². The third-order valence-corrected chi connectivity index (χ3v) is 5.19. The molecule has 120 valence electrons. The predicted octanol–water partition coefficient (Wildman–Crippen LogP) is 3.56. The third kappa shape index (κ3) is 4.12. The van der Waals surface area contributed by atoms with Crippen molar-refractivity contribution in [2.45, 2.75) is 13.5 Å². The monoisotopic (exact) mass is 420 g/mol. The van der Waals surface area contributed by atoms with Crippen LogP contribution >= 0.6 is 22.6 Å². The smallest absolute Gasteiger partial charge is 0.255 e. The van der Waals surface area contributed by atoms with Crippen molar-refractivity contribution in [2.75, 3.05) is 26.2 Å². The Bertz CT molecular complexity index is 693. The zero-order valence-electron chi connectivity index (χ0n) is 13.3. The van der Waals surface area contributed by atoms with E-state index in [1.165, 1.54) is 11.1 Å². The van der Waals surface area contributed by atoms with E-state index in [2.05, 4.69) is 58.7 Å². The number of rotatable bonds is 3. The van der Waals surface area contributed by atoms with E-state index in [-0.39, 0.29) is 5.91 Å². The molecule has 0 saturated carbocycles. The van der Waals surface area contributed by atoms with E-state index in [4.69, 9.17) is 0 Å². The molecule has 1 amide bonds. The zero-order chi connectivity index (χ0) is 16.2. The first-order chi connectivity index (χ1) is 11.1. The van der Waals surface area contributed by atoms with Gasteiger partial charge in [0, 0.05) is 36.3 Å². The fourth-order valence-corrected chi connectivity index (χ4v) is 3.60. The maximum atomic E-state index is 12.6. The Balaban J connectivity index is 1.58. The molecule has 3 rings (SSSR count). The van der Waals surface area contributed by atoms with Gasteiger partial charge in [0.05, 0.1) is 5.56 Å². The summed E-state index contributed by atoms with van der Waals surface area (Å²) < 4.78 is 1.03. The van der Waals surface area contributed by atoms with Gasteiger partial charge in [-0.05, 0) is 47.2 Å². The molecule has 1 saturated heterocycles. The maximum Gasteiger partial charge on any atom is 0.255 e. The number of halogens is 1. The van der Waals surface area contributed by atoms with Crippen molar-refractivity contribution in [2.24, 2.45) is 0 Å². The molecule has 1 heterocycles. The molecule has 0 bridgehead atoms. The minimum atomic E-state index is 0.158. The lowest BCUT2D eigenvalue weighted by Crippen LogP contribution is -2.48. The van der Waals surface area contributed by atoms with E-state index in [1.54, 1.807) is 0 Å². The largest absolute Gasteiger partial charge is 0.336 e. The maximum absolute atomic E-state index is 12.6. The second kappa shape index (κ2) is 7.45. The lowest BCUT2D eigenvalue weighted by Gasteiger charge is -2.35. The first-order valence-corrected chi connectivity index (χ1v) is 9.03. The van der Waals surface area contributed by atoms with Crippen LogP contribution in [0.15, 0.2) is 48.5 Å². The van der Waals surface area contributed by atoms with E-state index >= 15 is 0 Å². The van der Waals surface area contributed by atoms with Crippen LogP contribution in [0.3, 0.4) is 0 Å². The van der Waals surface area contributed by atoms with Gasteiger partial charge in [0.25, 0.3) is 5.91 Å². The molecule has 0 unspecified atom stereocenters. The van der Waals surface area contributed by atoms with Crippen molar-refractivity contribution < 1.29 is 4.79 Å². The minimum Gasteiger partial charge on any atom is -0.336 e. The van der Waals surface area contributed by atoms with E-state index in [9.17, 15) is 4.79 Å². The van der Waals surface area contributed by atoms with Gasteiger partial charge < -0.3 is 4.90 Å². The highest BCUT2D eigenvalue weighted by molar-refractivity contribution is 14.1. The molecule has 0 aliphatic carbocycles. The Morgan fingerprint density at radius 2 is 1.78 bits per heavy atom. The topological polar surface area (TPSA) is 23.6 Å². The number of piperazine rings is 1.